The number of unbranched alkanes of at least 4 members (excludes halogenated alkanes) is 3. The van der Waals surface area contributed by atoms with Crippen molar-refractivity contribution in [2.45, 2.75) is 44.6 Å². The van der Waals surface area contributed by atoms with E-state index in [2.05, 4.69) is 30.5 Å². The van der Waals surface area contributed by atoms with E-state index in [0.717, 1.165) is 51.7 Å². The molecule has 3 heteroatoms. The molecule has 0 aromatic rings. The highest BCUT2D eigenvalue weighted by Crippen LogP contribution is 2.12. The lowest BCUT2D eigenvalue weighted by Gasteiger charge is -2.37. The van der Waals surface area contributed by atoms with Crippen LogP contribution in [0.15, 0.2) is 12.7 Å². The second kappa shape index (κ2) is 8.44. The monoisotopic (exact) mass is 252 g/mol. The van der Waals surface area contributed by atoms with Crippen molar-refractivity contribution in [2.75, 3.05) is 33.7 Å². The molecule has 0 aromatic heterocycles. The fourth-order valence-corrected chi connectivity index (χ4v) is 2.47. The summed E-state index contributed by atoms with van der Waals surface area (Å²) in [5.74, 6) is 0.431. The Morgan fingerprint density at radius 3 is 2.78 bits per heavy atom. The third-order valence-corrected chi connectivity index (χ3v) is 3.81. The number of ketones is 1. The quantitative estimate of drug-likeness (QED) is 0.489. The number of hydrogen-bond donors (Lipinski definition) is 0. The molecule has 1 rings (SSSR count). The van der Waals surface area contributed by atoms with E-state index in [0.29, 0.717) is 11.8 Å². The highest BCUT2D eigenvalue weighted by Gasteiger charge is 2.23. The lowest BCUT2D eigenvalue weighted by molar-refractivity contribution is -0.120. The lowest BCUT2D eigenvalue weighted by Crippen LogP contribution is -2.50. The van der Waals surface area contributed by atoms with Crippen LogP contribution in [-0.4, -0.2) is 55.4 Å². The summed E-state index contributed by atoms with van der Waals surface area (Å²) in [6.45, 7) is 6.93. The van der Waals surface area contributed by atoms with E-state index in [9.17, 15) is 4.79 Å². The van der Waals surface area contributed by atoms with Crippen LogP contribution in [-0.2, 0) is 4.79 Å². The first-order valence-corrected chi connectivity index (χ1v) is 7.15. The largest absolute Gasteiger partial charge is 0.304 e. The fourth-order valence-electron chi connectivity index (χ4n) is 2.47. The predicted octanol–water partition coefficient (Wildman–Crippen LogP) is 2.33. The Bertz CT molecular complexity index is 265. The Labute approximate surface area is 112 Å². The van der Waals surface area contributed by atoms with Crippen molar-refractivity contribution < 1.29 is 4.79 Å². The van der Waals surface area contributed by atoms with E-state index >= 15 is 0 Å². The van der Waals surface area contributed by atoms with Crippen molar-refractivity contribution in [3.63, 3.8) is 0 Å². The first-order valence-electron chi connectivity index (χ1n) is 7.15. The van der Waals surface area contributed by atoms with Gasteiger partial charge >= 0.3 is 0 Å². The summed E-state index contributed by atoms with van der Waals surface area (Å²) >= 11 is 0. The average molecular weight is 252 g/mol. The number of rotatable bonds is 8. The van der Waals surface area contributed by atoms with E-state index in [4.69, 9.17) is 0 Å². The average Bonchev–Trinajstić information content (AvgIpc) is 2.33. The maximum Gasteiger partial charge on any atom is 0.134 e. The second-order valence-electron chi connectivity index (χ2n) is 5.53. The van der Waals surface area contributed by atoms with Crippen molar-refractivity contribution in [3.8, 4) is 0 Å². The van der Waals surface area contributed by atoms with Crippen LogP contribution >= 0.6 is 0 Å². The molecule has 0 aromatic carbocycles. The van der Waals surface area contributed by atoms with E-state index in [-0.39, 0.29) is 0 Å². The van der Waals surface area contributed by atoms with Crippen molar-refractivity contribution in [2.24, 2.45) is 0 Å². The lowest BCUT2D eigenvalue weighted by atomic mass is 10.0. The van der Waals surface area contributed by atoms with Crippen LogP contribution in [0.1, 0.15) is 38.5 Å². The van der Waals surface area contributed by atoms with Gasteiger partial charge in [-0.3, -0.25) is 4.79 Å². The normalized spacial score (nSPS) is 22.0. The molecule has 1 aliphatic rings. The van der Waals surface area contributed by atoms with Gasteiger partial charge in [0.1, 0.15) is 5.78 Å². The summed E-state index contributed by atoms with van der Waals surface area (Å²) in [5, 5.41) is 0. The summed E-state index contributed by atoms with van der Waals surface area (Å²) in [6, 6.07) is 0.421. The van der Waals surface area contributed by atoms with Crippen molar-refractivity contribution in [3.05, 3.63) is 12.7 Å². The molecule has 1 saturated heterocycles. The maximum atomic E-state index is 11.9. The summed E-state index contributed by atoms with van der Waals surface area (Å²) in [6.07, 6.45) is 7.87. The molecule has 0 N–H and O–H groups in total. The number of carbonyl (C=O) groups is 1. The van der Waals surface area contributed by atoms with Crippen LogP contribution in [0.25, 0.3) is 0 Å². The first kappa shape index (κ1) is 15.4. The van der Waals surface area contributed by atoms with Crippen LogP contribution in [0.3, 0.4) is 0 Å². The van der Waals surface area contributed by atoms with E-state index in [1.54, 1.807) is 0 Å². The number of hydrogen-bond acceptors (Lipinski definition) is 3. The molecule has 0 saturated carbocycles. The Morgan fingerprint density at radius 2 is 2.06 bits per heavy atom. The third-order valence-electron chi connectivity index (χ3n) is 3.81. The standard InChI is InChI=1S/C15H28N2O/c1-4-5-6-7-8-9-15(18)12-14-13-16(2)10-11-17(14)3/h4,14H,1,5-13H2,2-3H3. The van der Waals surface area contributed by atoms with Gasteiger partial charge in [-0.25, -0.2) is 0 Å². The van der Waals surface area contributed by atoms with Gasteiger partial charge in [-0.15, -0.1) is 6.58 Å². The summed E-state index contributed by atoms with van der Waals surface area (Å²) in [7, 11) is 4.27. The summed E-state index contributed by atoms with van der Waals surface area (Å²) < 4.78 is 0. The molecule has 1 aliphatic heterocycles. The molecular weight excluding hydrogens is 224 g/mol. The SMILES string of the molecule is C=CCCCCCC(=O)CC1CN(C)CCN1C. The number of piperazine rings is 1. The van der Waals surface area contributed by atoms with E-state index in [1.165, 1.54) is 6.42 Å². The second-order valence-corrected chi connectivity index (χ2v) is 5.53. The molecule has 0 bridgehead atoms. The van der Waals surface area contributed by atoms with Gasteiger partial charge in [0.05, 0.1) is 0 Å². The molecule has 18 heavy (non-hydrogen) atoms. The first-order chi connectivity index (χ1) is 8.63. The molecule has 1 atom stereocenters. The molecule has 0 aliphatic carbocycles. The van der Waals surface area contributed by atoms with Gasteiger partial charge in [-0.05, 0) is 33.4 Å². The van der Waals surface area contributed by atoms with Crippen molar-refractivity contribution in [1.82, 2.24) is 9.80 Å². The Kier molecular flexibility index (Phi) is 7.21. The highest BCUT2D eigenvalue weighted by molar-refractivity contribution is 5.79. The number of nitrogens with zero attached hydrogens (tertiary/aromatic N) is 2. The molecule has 0 amide bonds. The maximum absolute atomic E-state index is 11.9. The Morgan fingerprint density at radius 1 is 1.28 bits per heavy atom. The number of Topliss-reactive ketones (excluding diaryl/α,β-unsaturated/α-hetero) is 1. The highest BCUT2D eigenvalue weighted by atomic mass is 16.1. The predicted molar refractivity (Wildman–Crippen MR) is 76.8 cm³/mol. The molecule has 1 fully saturated rings. The third kappa shape index (κ3) is 5.78. The summed E-state index contributed by atoms with van der Waals surface area (Å²) in [5.41, 5.74) is 0. The van der Waals surface area contributed by atoms with Gasteiger partial charge in [0.25, 0.3) is 0 Å². The number of allylic oxidation sites excluding steroid dienone is 1. The van der Waals surface area contributed by atoms with Gasteiger partial charge < -0.3 is 9.80 Å². The van der Waals surface area contributed by atoms with Gasteiger partial charge in [-0.1, -0.05) is 12.5 Å². The minimum Gasteiger partial charge on any atom is -0.304 e. The number of likely N-dealkylation sites (N-methyl/N-ethyl adjacent to an activating group) is 2. The zero-order valence-electron chi connectivity index (χ0n) is 12.0. The number of carbonyl (C=O) groups excluding carboxylic acids is 1. The molecule has 3 nitrogen and oxygen atoms in total. The molecule has 104 valence electrons. The van der Waals surface area contributed by atoms with Crippen LogP contribution in [0.2, 0.25) is 0 Å². The fraction of sp³-hybridized carbons (Fsp3) is 0.800. The molecule has 0 radical (unpaired) electrons. The van der Waals surface area contributed by atoms with Gasteiger partial charge in [0.2, 0.25) is 0 Å². The molecular formula is C15H28N2O. The van der Waals surface area contributed by atoms with Crippen LogP contribution in [0, 0.1) is 0 Å². The zero-order chi connectivity index (χ0) is 13.4. The zero-order valence-corrected chi connectivity index (χ0v) is 12.0. The molecule has 1 unspecified atom stereocenters. The minimum atomic E-state index is 0.421. The summed E-state index contributed by atoms with van der Waals surface area (Å²) in [4.78, 5) is 16.6. The van der Waals surface area contributed by atoms with Crippen LogP contribution in [0.5, 0.6) is 0 Å². The minimum absolute atomic E-state index is 0.421. The molecule has 1 heterocycles. The van der Waals surface area contributed by atoms with E-state index < -0.39 is 0 Å². The Hall–Kier alpha value is -0.670. The van der Waals surface area contributed by atoms with Crippen LogP contribution in [0.4, 0.5) is 0 Å². The van der Waals surface area contributed by atoms with Crippen molar-refractivity contribution in [1.29, 1.82) is 0 Å². The molecule has 0 spiro atoms. The van der Waals surface area contributed by atoms with E-state index in [1.807, 2.05) is 6.08 Å². The van der Waals surface area contributed by atoms with Gasteiger partial charge in [0, 0.05) is 38.5 Å². The van der Waals surface area contributed by atoms with Crippen LogP contribution < -0.4 is 0 Å². The Balaban J connectivity index is 2.16. The van der Waals surface area contributed by atoms with Gasteiger partial charge in [0.15, 0.2) is 0 Å². The van der Waals surface area contributed by atoms with Gasteiger partial charge in [-0.2, -0.15) is 0 Å². The smallest absolute Gasteiger partial charge is 0.134 e. The van der Waals surface area contributed by atoms with Crippen molar-refractivity contribution >= 4 is 5.78 Å². The topological polar surface area (TPSA) is 23.6 Å².